The first-order valence-corrected chi connectivity index (χ1v) is 8.83. The Morgan fingerprint density at radius 2 is 1.82 bits per heavy atom. The highest BCUT2D eigenvalue weighted by molar-refractivity contribution is 7.80. The van der Waals surface area contributed by atoms with Crippen LogP contribution in [-0.4, -0.2) is 24.8 Å². The van der Waals surface area contributed by atoms with Crippen molar-refractivity contribution in [2.45, 2.75) is 6.92 Å². The maximum Gasteiger partial charge on any atom is 0.350 e. The van der Waals surface area contributed by atoms with E-state index in [0.29, 0.717) is 16.5 Å². The molecule has 0 saturated carbocycles. The number of anilines is 3. The molecule has 0 heterocycles. The number of hydrogen-bond acceptors (Lipinski definition) is 6. The van der Waals surface area contributed by atoms with Gasteiger partial charge in [0.25, 0.3) is 0 Å². The number of carbonyl (C=O) groups excluding carboxylic acids is 1. The summed E-state index contributed by atoms with van der Waals surface area (Å²) in [5, 5.41) is 18.6. The Labute approximate surface area is 169 Å². The molecule has 8 heteroatoms. The van der Waals surface area contributed by atoms with Crippen LogP contribution in [0.25, 0.3) is 0 Å². The molecule has 0 atom stereocenters. The van der Waals surface area contributed by atoms with Crippen LogP contribution >= 0.6 is 12.2 Å². The monoisotopic (exact) mass is 396 g/mol. The molecule has 0 radical (unpaired) electrons. The summed E-state index contributed by atoms with van der Waals surface area (Å²) in [4.78, 5) is 11.7. The van der Waals surface area contributed by atoms with Gasteiger partial charge in [0.1, 0.15) is 11.8 Å². The minimum atomic E-state index is -0.681. The lowest BCUT2D eigenvalue weighted by molar-refractivity contribution is -0.138. The van der Waals surface area contributed by atoms with E-state index in [1.165, 1.54) is 6.20 Å². The zero-order chi connectivity index (χ0) is 20.4. The van der Waals surface area contributed by atoms with E-state index in [-0.39, 0.29) is 12.2 Å². The number of nitrogens with one attached hydrogen (secondary N) is 3. The molecule has 0 unspecified atom stereocenters. The molecule has 0 aliphatic rings. The summed E-state index contributed by atoms with van der Waals surface area (Å²) in [6.45, 7) is 1.87. The first-order chi connectivity index (χ1) is 13.6. The molecule has 28 heavy (non-hydrogen) atoms. The fourth-order valence-corrected chi connectivity index (χ4v) is 2.40. The van der Waals surface area contributed by atoms with E-state index in [2.05, 4.69) is 16.0 Å². The van der Waals surface area contributed by atoms with Gasteiger partial charge in [-0.2, -0.15) is 5.26 Å². The van der Waals surface area contributed by atoms with Gasteiger partial charge in [-0.15, -0.1) is 0 Å². The molecular formula is C20H20N4O3S. The predicted octanol–water partition coefficient (Wildman–Crippen LogP) is 3.89. The van der Waals surface area contributed by atoms with Crippen molar-refractivity contribution in [2.24, 2.45) is 0 Å². The van der Waals surface area contributed by atoms with Crippen molar-refractivity contribution in [3.63, 3.8) is 0 Å². The summed E-state index contributed by atoms with van der Waals surface area (Å²) in [7, 11) is 1.60. The molecular weight excluding hydrogens is 376 g/mol. The molecule has 144 valence electrons. The summed E-state index contributed by atoms with van der Waals surface area (Å²) in [5.74, 6) is 0.0697. The minimum absolute atomic E-state index is 0.129. The van der Waals surface area contributed by atoms with Crippen LogP contribution in [0.4, 0.5) is 17.1 Å². The van der Waals surface area contributed by atoms with Gasteiger partial charge < -0.3 is 25.4 Å². The van der Waals surface area contributed by atoms with Crippen molar-refractivity contribution >= 4 is 40.4 Å². The number of benzene rings is 2. The highest BCUT2D eigenvalue weighted by Crippen LogP contribution is 2.22. The van der Waals surface area contributed by atoms with E-state index in [1.807, 2.05) is 48.5 Å². The van der Waals surface area contributed by atoms with Crippen molar-refractivity contribution in [3.8, 4) is 11.8 Å². The van der Waals surface area contributed by atoms with Crippen molar-refractivity contribution < 1.29 is 14.3 Å². The number of thiocarbonyl (C=S) groups is 1. The summed E-state index contributed by atoms with van der Waals surface area (Å²) in [6.07, 6.45) is 1.30. The van der Waals surface area contributed by atoms with Gasteiger partial charge in [0, 0.05) is 11.9 Å². The van der Waals surface area contributed by atoms with Gasteiger partial charge in [-0.3, -0.25) is 0 Å². The van der Waals surface area contributed by atoms with Gasteiger partial charge in [0.15, 0.2) is 10.7 Å². The van der Waals surface area contributed by atoms with Crippen LogP contribution in [0.2, 0.25) is 0 Å². The van der Waals surface area contributed by atoms with Crippen LogP contribution in [0.1, 0.15) is 6.92 Å². The second-order valence-electron chi connectivity index (χ2n) is 5.39. The van der Waals surface area contributed by atoms with Crippen LogP contribution in [0.15, 0.2) is 60.3 Å². The Morgan fingerprint density at radius 3 is 2.43 bits per heavy atom. The predicted molar refractivity (Wildman–Crippen MR) is 113 cm³/mol. The second-order valence-corrected chi connectivity index (χ2v) is 5.80. The highest BCUT2D eigenvalue weighted by atomic mass is 32.1. The third-order valence-electron chi connectivity index (χ3n) is 3.51. The van der Waals surface area contributed by atoms with Crippen molar-refractivity contribution in [1.29, 1.82) is 5.26 Å². The van der Waals surface area contributed by atoms with E-state index < -0.39 is 5.97 Å². The molecule has 0 aliphatic heterocycles. The van der Waals surface area contributed by atoms with Gasteiger partial charge in [0.2, 0.25) is 0 Å². The van der Waals surface area contributed by atoms with Gasteiger partial charge >= 0.3 is 5.97 Å². The molecule has 0 bridgehead atoms. The molecule has 2 aromatic rings. The lowest BCUT2D eigenvalue weighted by Crippen LogP contribution is -2.19. The molecule has 0 aliphatic carbocycles. The third-order valence-corrected chi connectivity index (χ3v) is 3.72. The average Bonchev–Trinajstić information content (AvgIpc) is 2.70. The molecule has 2 aromatic carbocycles. The number of esters is 1. The normalized spacial score (nSPS) is 10.4. The number of rotatable bonds is 7. The van der Waals surface area contributed by atoms with Crippen LogP contribution < -0.4 is 20.7 Å². The molecule has 0 aromatic heterocycles. The van der Waals surface area contributed by atoms with E-state index in [1.54, 1.807) is 20.1 Å². The number of methoxy groups -OCH3 is 1. The van der Waals surface area contributed by atoms with Gasteiger partial charge in [0.05, 0.1) is 25.1 Å². The van der Waals surface area contributed by atoms with Crippen LogP contribution in [0.3, 0.4) is 0 Å². The smallest absolute Gasteiger partial charge is 0.350 e. The Hall–Kier alpha value is -3.57. The summed E-state index contributed by atoms with van der Waals surface area (Å²) in [5.41, 5.74) is 1.98. The number of hydrogen-bond donors (Lipinski definition) is 3. The largest absolute Gasteiger partial charge is 0.497 e. The molecule has 3 N–H and O–H groups in total. The number of nitrogens with zero attached hydrogens (tertiary/aromatic N) is 1. The van der Waals surface area contributed by atoms with Crippen LogP contribution in [-0.2, 0) is 9.53 Å². The molecule has 0 saturated heterocycles. The zero-order valence-corrected chi connectivity index (χ0v) is 16.3. The number of ether oxygens (including phenoxy) is 2. The first-order valence-electron chi connectivity index (χ1n) is 8.42. The quantitative estimate of drug-likeness (QED) is 0.281. The fourth-order valence-electron chi connectivity index (χ4n) is 2.17. The lowest BCUT2D eigenvalue weighted by atomic mass is 10.2. The Morgan fingerprint density at radius 1 is 1.14 bits per heavy atom. The summed E-state index contributed by atoms with van der Waals surface area (Å²) in [6, 6.07) is 16.4. The van der Waals surface area contributed by atoms with Crippen LogP contribution in [0.5, 0.6) is 5.75 Å². The van der Waals surface area contributed by atoms with Gasteiger partial charge in [-0.05, 0) is 55.5 Å². The fraction of sp³-hybridized carbons (Fsp3) is 0.150. The van der Waals surface area contributed by atoms with Crippen molar-refractivity contribution in [3.05, 3.63) is 60.3 Å². The summed E-state index contributed by atoms with van der Waals surface area (Å²) >= 11 is 5.35. The van der Waals surface area contributed by atoms with Crippen LogP contribution in [0, 0.1) is 11.3 Å². The molecule has 7 nitrogen and oxygen atoms in total. The van der Waals surface area contributed by atoms with E-state index >= 15 is 0 Å². The Kier molecular flexibility index (Phi) is 7.81. The zero-order valence-electron chi connectivity index (χ0n) is 15.5. The maximum atomic E-state index is 11.7. The van der Waals surface area contributed by atoms with Gasteiger partial charge in [-0.25, -0.2) is 4.79 Å². The molecule has 0 fully saturated rings. The maximum absolute atomic E-state index is 11.7. The number of nitriles is 1. The highest BCUT2D eigenvalue weighted by Gasteiger charge is 2.10. The summed E-state index contributed by atoms with van der Waals surface area (Å²) < 4.78 is 9.96. The van der Waals surface area contributed by atoms with Crippen molar-refractivity contribution in [1.82, 2.24) is 0 Å². The van der Waals surface area contributed by atoms with E-state index in [9.17, 15) is 4.79 Å². The standard InChI is InChI=1S/C20H20N4O3S/c1-3-27-19(25)14(12-21)13-22-17-6-4-5-7-18(17)24-20(28)23-15-8-10-16(26-2)11-9-15/h4-11,13,22H,3H2,1-2H3,(H2,23,24,28). The number of carbonyl (C=O) groups is 1. The molecule has 0 amide bonds. The van der Waals surface area contributed by atoms with Crippen molar-refractivity contribution in [2.75, 3.05) is 29.7 Å². The first kappa shape index (κ1) is 20.7. The Bertz CT molecular complexity index is 904. The SMILES string of the molecule is CCOC(=O)C(C#N)=CNc1ccccc1NC(=S)Nc1ccc(OC)cc1. The molecule has 0 spiro atoms. The van der Waals surface area contributed by atoms with E-state index in [0.717, 1.165) is 11.4 Å². The topological polar surface area (TPSA) is 95.4 Å². The Balaban J connectivity index is 2.07. The number of para-hydroxylation sites is 2. The third kappa shape index (κ3) is 6.00. The average molecular weight is 396 g/mol. The van der Waals surface area contributed by atoms with E-state index in [4.69, 9.17) is 27.0 Å². The van der Waals surface area contributed by atoms with Gasteiger partial charge in [-0.1, -0.05) is 12.1 Å². The second kappa shape index (κ2) is 10.5. The molecule has 2 rings (SSSR count). The lowest BCUT2D eigenvalue weighted by Gasteiger charge is -2.14. The minimum Gasteiger partial charge on any atom is -0.497 e.